The van der Waals surface area contributed by atoms with E-state index in [4.69, 9.17) is 26.6 Å². The van der Waals surface area contributed by atoms with Gasteiger partial charge in [0, 0.05) is 45.4 Å². The van der Waals surface area contributed by atoms with Gasteiger partial charge in [0.15, 0.2) is 0 Å². The van der Waals surface area contributed by atoms with Crippen molar-refractivity contribution in [2.75, 3.05) is 52.7 Å². The van der Waals surface area contributed by atoms with E-state index in [1.54, 1.807) is 0 Å². The van der Waals surface area contributed by atoms with Crippen molar-refractivity contribution < 1.29 is 26.6 Å². The summed E-state index contributed by atoms with van der Waals surface area (Å²) in [5.41, 5.74) is 0. The first kappa shape index (κ1) is 40.5. The van der Waals surface area contributed by atoms with Gasteiger partial charge >= 0.3 is 25.7 Å². The van der Waals surface area contributed by atoms with Gasteiger partial charge in [0.2, 0.25) is 0 Å². The maximum atomic E-state index is 6.04. The van der Waals surface area contributed by atoms with Crippen LogP contribution in [0.3, 0.4) is 0 Å². The Balaban J connectivity index is 4.64. The van der Waals surface area contributed by atoms with Crippen LogP contribution < -0.4 is 10.6 Å². The van der Waals surface area contributed by atoms with Crippen LogP contribution in [0.25, 0.3) is 0 Å². The van der Waals surface area contributed by atoms with E-state index in [1.807, 2.05) is 0 Å². The first-order valence-corrected chi connectivity index (χ1v) is 25.8. The predicted octanol–water partition coefficient (Wildman–Crippen LogP) is 5.81. The molecule has 0 bridgehead atoms. The molecule has 0 radical (unpaired) electrons. The lowest BCUT2D eigenvalue weighted by Crippen LogP contribution is -2.48. The van der Waals surface area contributed by atoms with E-state index in [-0.39, 0.29) is 9.52 Å². The molecular formula is C28H68N2O6Si4. The molecule has 0 amide bonds. The molecule has 12 heteroatoms. The van der Waals surface area contributed by atoms with E-state index in [1.165, 1.54) is 31.7 Å². The van der Waals surface area contributed by atoms with Crippen LogP contribution >= 0.6 is 0 Å². The van der Waals surface area contributed by atoms with Gasteiger partial charge in [-0.05, 0) is 105 Å². The number of hydrogen-bond donors (Lipinski definition) is 2. The van der Waals surface area contributed by atoms with Crippen LogP contribution in [-0.4, -0.2) is 93.7 Å². The molecule has 0 aromatic rings. The summed E-state index contributed by atoms with van der Waals surface area (Å²) in [4.78, 5) is 0. The third-order valence-electron chi connectivity index (χ3n) is 7.22. The quantitative estimate of drug-likeness (QED) is 0.0579. The topological polar surface area (TPSA) is 79.4 Å². The number of rotatable bonds is 30. The first-order valence-electron chi connectivity index (χ1n) is 16.5. The summed E-state index contributed by atoms with van der Waals surface area (Å²) in [5, 5.41) is 7.72. The van der Waals surface area contributed by atoms with Gasteiger partial charge < -0.3 is 37.2 Å². The Morgan fingerprint density at radius 3 is 1.15 bits per heavy atom. The fourth-order valence-corrected chi connectivity index (χ4v) is 14.5. The molecule has 0 fully saturated rings. The van der Waals surface area contributed by atoms with E-state index >= 15 is 0 Å². The van der Waals surface area contributed by atoms with Gasteiger partial charge in [0.05, 0.1) is 9.52 Å². The lowest BCUT2D eigenvalue weighted by molar-refractivity contribution is 0.187. The molecule has 0 unspecified atom stereocenters. The minimum absolute atomic E-state index is 0.280. The highest BCUT2D eigenvalue weighted by molar-refractivity contribution is 6.66. The zero-order valence-electron chi connectivity index (χ0n) is 28.0. The molecule has 0 aliphatic rings. The second-order valence-corrected chi connectivity index (χ2v) is 23.1. The van der Waals surface area contributed by atoms with E-state index in [2.05, 4.69) is 71.8 Å². The molecular weight excluding hydrogens is 573 g/mol. The van der Waals surface area contributed by atoms with Crippen molar-refractivity contribution in [3.05, 3.63) is 0 Å². The van der Waals surface area contributed by atoms with Crippen molar-refractivity contribution in [2.24, 2.45) is 0 Å². The van der Waals surface area contributed by atoms with Crippen molar-refractivity contribution >= 4 is 35.2 Å². The molecule has 0 rings (SSSR count). The fourth-order valence-electron chi connectivity index (χ4n) is 5.36. The highest BCUT2D eigenvalue weighted by Gasteiger charge is 2.31. The van der Waals surface area contributed by atoms with E-state index in [0.717, 1.165) is 83.7 Å². The van der Waals surface area contributed by atoms with Crippen LogP contribution in [0.2, 0.25) is 43.8 Å². The summed E-state index contributed by atoms with van der Waals surface area (Å²) in [6.07, 6.45) is 7.32. The summed E-state index contributed by atoms with van der Waals surface area (Å²) < 4.78 is 36.1. The van der Waals surface area contributed by atoms with Gasteiger partial charge in [-0.25, -0.2) is 0 Å². The second kappa shape index (κ2) is 24.9. The monoisotopic (exact) mass is 640 g/mol. The predicted molar refractivity (Wildman–Crippen MR) is 180 cm³/mol. The molecule has 0 saturated heterocycles. The van der Waals surface area contributed by atoms with Crippen LogP contribution in [0.1, 0.15) is 80.1 Å². The number of nitrogens with one attached hydrogen (secondary N) is 2. The van der Waals surface area contributed by atoms with Crippen LogP contribution in [0.4, 0.5) is 0 Å². The highest BCUT2D eigenvalue weighted by atomic mass is 28.4. The molecule has 8 nitrogen and oxygen atoms in total. The molecule has 0 aromatic heterocycles. The second-order valence-electron chi connectivity index (χ2n) is 11.0. The van der Waals surface area contributed by atoms with Crippen LogP contribution in [-0.2, 0) is 26.6 Å². The van der Waals surface area contributed by atoms with Crippen molar-refractivity contribution in [3.8, 4) is 0 Å². The van der Waals surface area contributed by atoms with Gasteiger partial charge in [0.1, 0.15) is 0 Å². The third kappa shape index (κ3) is 20.5. The minimum Gasteiger partial charge on any atom is -0.395 e. The van der Waals surface area contributed by atoms with Gasteiger partial charge in [0.25, 0.3) is 0 Å². The SMILES string of the molecule is CCO[Si](C)(CCCCCC[SiH2]C(NCCC[Si](C)(OCC)OCC)NCCC[Si](C)(OCC)OCC)OCC. The molecule has 0 atom stereocenters. The van der Waals surface area contributed by atoms with Gasteiger partial charge in [-0.15, -0.1) is 0 Å². The van der Waals surface area contributed by atoms with E-state index < -0.39 is 25.7 Å². The number of hydrogen-bond acceptors (Lipinski definition) is 8. The Hall–Kier alpha value is 0.548. The van der Waals surface area contributed by atoms with E-state index in [0.29, 0.717) is 5.79 Å². The molecule has 0 aliphatic carbocycles. The Labute approximate surface area is 254 Å². The highest BCUT2D eigenvalue weighted by Crippen LogP contribution is 2.19. The fraction of sp³-hybridized carbons (Fsp3) is 1.00. The molecule has 0 aromatic carbocycles. The Morgan fingerprint density at radius 2 is 0.800 bits per heavy atom. The average molecular weight is 641 g/mol. The zero-order valence-corrected chi connectivity index (χ0v) is 32.4. The molecule has 0 aliphatic heterocycles. The molecule has 0 heterocycles. The van der Waals surface area contributed by atoms with Crippen LogP contribution in [0, 0.1) is 0 Å². The average Bonchev–Trinajstić information content (AvgIpc) is 2.89. The smallest absolute Gasteiger partial charge is 0.334 e. The number of unbranched alkanes of at least 4 members (excludes halogenated alkanes) is 3. The van der Waals surface area contributed by atoms with Crippen LogP contribution in [0.15, 0.2) is 0 Å². The maximum Gasteiger partial charge on any atom is 0.334 e. The summed E-state index contributed by atoms with van der Waals surface area (Å²) >= 11 is 0. The first-order chi connectivity index (χ1) is 19.1. The Morgan fingerprint density at radius 1 is 0.475 bits per heavy atom. The molecule has 40 heavy (non-hydrogen) atoms. The van der Waals surface area contributed by atoms with Gasteiger partial charge in [-0.3, -0.25) is 0 Å². The molecule has 0 spiro atoms. The lowest BCUT2D eigenvalue weighted by atomic mass is 10.2. The standard InChI is InChI=1S/C28H68N2O6Si4/c1-10-31-38(7,32-11-2)25-19-17-16-18-24-37-28(29-22-20-26-39(8,33-12-3)34-13-4)30-23-21-27-40(9,35-14-5)36-15-6/h28-30H,10-27,37H2,1-9H3. The molecule has 0 saturated carbocycles. The lowest BCUT2D eigenvalue weighted by Gasteiger charge is -2.27. The van der Waals surface area contributed by atoms with Crippen molar-refractivity contribution in [1.82, 2.24) is 10.6 Å². The van der Waals surface area contributed by atoms with Crippen molar-refractivity contribution in [1.29, 1.82) is 0 Å². The normalized spacial score (nSPS) is 13.3. The Bertz CT molecular complexity index is 535. The van der Waals surface area contributed by atoms with Crippen molar-refractivity contribution in [2.45, 2.75) is 130 Å². The van der Waals surface area contributed by atoms with Crippen molar-refractivity contribution in [3.63, 3.8) is 0 Å². The van der Waals surface area contributed by atoms with E-state index in [9.17, 15) is 0 Å². The minimum atomic E-state index is -2.05. The molecule has 242 valence electrons. The summed E-state index contributed by atoms with van der Waals surface area (Å²) in [6, 6.07) is 4.54. The summed E-state index contributed by atoms with van der Waals surface area (Å²) in [5.74, 6) is 0.464. The maximum absolute atomic E-state index is 6.04. The largest absolute Gasteiger partial charge is 0.395 e. The summed E-state index contributed by atoms with van der Waals surface area (Å²) in [6.45, 7) is 25.5. The third-order valence-corrected chi connectivity index (χ3v) is 18.5. The summed E-state index contributed by atoms with van der Waals surface area (Å²) in [7, 11) is -6.33. The Kier molecular flexibility index (Phi) is 25.3. The van der Waals surface area contributed by atoms with Gasteiger partial charge in [-0.2, -0.15) is 0 Å². The van der Waals surface area contributed by atoms with Crippen LogP contribution in [0.5, 0.6) is 0 Å². The molecule has 2 N–H and O–H groups in total. The zero-order chi connectivity index (χ0) is 30.2. The van der Waals surface area contributed by atoms with Gasteiger partial charge in [-0.1, -0.05) is 31.7 Å².